The van der Waals surface area contributed by atoms with Crippen LogP contribution in [-0.2, 0) is 11.3 Å². The van der Waals surface area contributed by atoms with Gasteiger partial charge < -0.3 is 14.3 Å². The number of nitrogens with one attached hydrogen (secondary N) is 1. The van der Waals surface area contributed by atoms with Crippen molar-refractivity contribution in [3.63, 3.8) is 0 Å². The summed E-state index contributed by atoms with van der Waals surface area (Å²) in [5.41, 5.74) is 1.34. The number of rotatable bonds is 3. The molecule has 1 N–H and O–H groups in total. The van der Waals surface area contributed by atoms with Gasteiger partial charge in [-0.15, -0.1) is 0 Å². The van der Waals surface area contributed by atoms with Crippen LogP contribution in [0.1, 0.15) is 44.3 Å². The Morgan fingerprint density at radius 3 is 2.57 bits per heavy atom. The van der Waals surface area contributed by atoms with Crippen molar-refractivity contribution in [1.29, 1.82) is 0 Å². The molecule has 0 saturated carbocycles. The number of carbonyl (C=O) groups is 1. The maximum Gasteiger partial charge on any atom is 0.294 e. The number of benzene rings is 1. The molecule has 2 fully saturated rings. The molecule has 0 bridgehead atoms. The molecule has 4 heterocycles. The van der Waals surface area contributed by atoms with Crippen molar-refractivity contribution >= 4 is 28.0 Å². The largest absolute Gasteiger partial charge is 0.449 e. The highest BCUT2D eigenvalue weighted by Gasteiger charge is 2.29. The number of para-hydroxylation sites is 1. The first-order valence-corrected chi connectivity index (χ1v) is 11.1. The van der Waals surface area contributed by atoms with Crippen LogP contribution in [0.4, 0.5) is 0 Å². The number of H-pyrrole nitrogens is 1. The van der Waals surface area contributed by atoms with E-state index in [0.29, 0.717) is 29.4 Å². The van der Waals surface area contributed by atoms with Crippen molar-refractivity contribution in [2.45, 2.75) is 45.1 Å². The Morgan fingerprint density at radius 2 is 1.80 bits per heavy atom. The van der Waals surface area contributed by atoms with Crippen LogP contribution in [0, 0.1) is 5.92 Å². The van der Waals surface area contributed by atoms with Gasteiger partial charge in [-0.25, -0.2) is 4.98 Å². The molecule has 0 atom stereocenters. The molecule has 5 rings (SSSR count). The fourth-order valence-electron chi connectivity index (χ4n) is 4.82. The molecular formula is C23H28N4O3. The highest BCUT2D eigenvalue weighted by Crippen LogP contribution is 2.25. The summed E-state index contributed by atoms with van der Waals surface area (Å²) in [5.74, 6) is 1.12. The quantitative estimate of drug-likeness (QED) is 0.719. The summed E-state index contributed by atoms with van der Waals surface area (Å²) in [7, 11) is 0. The van der Waals surface area contributed by atoms with Gasteiger partial charge in [0.05, 0.1) is 6.54 Å². The molecule has 3 aromatic rings. The Morgan fingerprint density at radius 1 is 1.07 bits per heavy atom. The molecule has 7 nitrogen and oxygen atoms in total. The highest BCUT2D eigenvalue weighted by molar-refractivity contribution is 6.01. The van der Waals surface area contributed by atoms with E-state index >= 15 is 0 Å². The van der Waals surface area contributed by atoms with E-state index in [-0.39, 0.29) is 17.1 Å². The summed E-state index contributed by atoms with van der Waals surface area (Å²) in [6.07, 6.45) is 6.49. The van der Waals surface area contributed by atoms with Gasteiger partial charge in [-0.1, -0.05) is 25.0 Å². The Bertz CT molecular complexity index is 1100. The van der Waals surface area contributed by atoms with Gasteiger partial charge in [0, 0.05) is 24.4 Å². The zero-order valence-corrected chi connectivity index (χ0v) is 17.2. The number of piperidine rings is 1. The first-order chi connectivity index (χ1) is 14.7. The fourth-order valence-corrected chi connectivity index (χ4v) is 4.82. The molecule has 158 valence electrons. The Kier molecular flexibility index (Phi) is 5.29. The Labute approximate surface area is 175 Å². The third-order valence-corrected chi connectivity index (χ3v) is 6.51. The normalized spacial score (nSPS) is 19.4. The van der Waals surface area contributed by atoms with Gasteiger partial charge in [0.15, 0.2) is 0 Å². The number of likely N-dealkylation sites (tertiary alicyclic amines) is 2. The maximum atomic E-state index is 12.9. The van der Waals surface area contributed by atoms with Crippen LogP contribution in [0.3, 0.4) is 0 Å². The van der Waals surface area contributed by atoms with E-state index < -0.39 is 0 Å². The van der Waals surface area contributed by atoms with E-state index in [1.165, 1.54) is 12.8 Å². The van der Waals surface area contributed by atoms with Crippen LogP contribution in [0.2, 0.25) is 0 Å². The van der Waals surface area contributed by atoms with Crippen LogP contribution in [0.5, 0.6) is 0 Å². The Hall–Kier alpha value is -2.67. The number of aromatic amines is 1. The predicted octanol–water partition coefficient (Wildman–Crippen LogP) is 3.28. The average Bonchev–Trinajstić information content (AvgIpc) is 2.94. The molecule has 2 aliphatic heterocycles. The van der Waals surface area contributed by atoms with E-state index in [2.05, 4.69) is 14.8 Å². The van der Waals surface area contributed by atoms with Crippen molar-refractivity contribution in [3.8, 4) is 0 Å². The summed E-state index contributed by atoms with van der Waals surface area (Å²) in [6.45, 7) is 4.11. The number of aromatic nitrogens is 2. The molecule has 2 aliphatic rings. The van der Waals surface area contributed by atoms with Crippen LogP contribution in [0.25, 0.3) is 22.1 Å². The van der Waals surface area contributed by atoms with E-state index in [9.17, 15) is 9.59 Å². The SMILES string of the molecule is O=C(C1CCN(Cc2nc3c(oc4ccccc43)c(=O)[nH]2)CC1)N1CCCCCC1. The van der Waals surface area contributed by atoms with Gasteiger partial charge in [0.2, 0.25) is 11.5 Å². The molecule has 0 unspecified atom stereocenters. The van der Waals surface area contributed by atoms with Crippen LogP contribution in [-0.4, -0.2) is 51.9 Å². The number of hydrogen-bond donors (Lipinski definition) is 1. The third kappa shape index (κ3) is 3.74. The molecule has 30 heavy (non-hydrogen) atoms. The van der Waals surface area contributed by atoms with Crippen molar-refractivity contribution in [1.82, 2.24) is 19.8 Å². The average molecular weight is 409 g/mol. The van der Waals surface area contributed by atoms with Crippen molar-refractivity contribution in [2.24, 2.45) is 5.92 Å². The lowest BCUT2D eigenvalue weighted by Crippen LogP contribution is -2.43. The lowest BCUT2D eigenvalue weighted by Gasteiger charge is -2.33. The number of furan rings is 1. The van der Waals surface area contributed by atoms with E-state index in [1.807, 2.05) is 24.3 Å². The minimum absolute atomic E-state index is 0.131. The van der Waals surface area contributed by atoms with E-state index in [4.69, 9.17) is 9.40 Å². The van der Waals surface area contributed by atoms with Gasteiger partial charge in [-0.2, -0.15) is 0 Å². The van der Waals surface area contributed by atoms with Crippen LogP contribution < -0.4 is 5.56 Å². The zero-order valence-electron chi connectivity index (χ0n) is 17.2. The second kappa shape index (κ2) is 8.22. The minimum atomic E-state index is -0.238. The van der Waals surface area contributed by atoms with Crippen LogP contribution >= 0.6 is 0 Å². The molecule has 0 spiro atoms. The molecular weight excluding hydrogens is 380 g/mol. The van der Waals surface area contributed by atoms with Gasteiger partial charge in [0.1, 0.15) is 16.9 Å². The topological polar surface area (TPSA) is 82.4 Å². The lowest BCUT2D eigenvalue weighted by atomic mass is 9.95. The number of carbonyl (C=O) groups excluding carboxylic acids is 1. The molecule has 2 aromatic heterocycles. The minimum Gasteiger partial charge on any atom is -0.449 e. The summed E-state index contributed by atoms with van der Waals surface area (Å²) in [6, 6.07) is 7.59. The second-order valence-corrected chi connectivity index (χ2v) is 8.58. The summed E-state index contributed by atoms with van der Waals surface area (Å²) >= 11 is 0. The predicted molar refractivity (Wildman–Crippen MR) is 115 cm³/mol. The fraction of sp³-hybridized carbons (Fsp3) is 0.522. The zero-order chi connectivity index (χ0) is 20.5. The number of fused-ring (bicyclic) bond motifs is 3. The Balaban J connectivity index is 1.26. The molecule has 2 saturated heterocycles. The van der Waals surface area contributed by atoms with E-state index in [1.54, 1.807) is 0 Å². The van der Waals surface area contributed by atoms with E-state index in [0.717, 1.165) is 57.2 Å². The van der Waals surface area contributed by atoms with Gasteiger partial charge in [0.25, 0.3) is 5.56 Å². The highest BCUT2D eigenvalue weighted by atomic mass is 16.3. The van der Waals surface area contributed by atoms with Crippen molar-refractivity contribution in [3.05, 3.63) is 40.4 Å². The standard InChI is InChI=1S/C23H28N4O3/c28-22-21-20(17-7-3-4-8-18(17)30-21)24-19(25-22)15-26-13-9-16(10-14-26)23(29)27-11-5-1-2-6-12-27/h3-4,7-8,16H,1-2,5-6,9-15H2,(H,24,25,28). The summed E-state index contributed by atoms with van der Waals surface area (Å²) in [4.78, 5) is 37.3. The second-order valence-electron chi connectivity index (χ2n) is 8.58. The van der Waals surface area contributed by atoms with Gasteiger partial charge >= 0.3 is 0 Å². The van der Waals surface area contributed by atoms with Gasteiger partial charge in [-0.3, -0.25) is 14.5 Å². The molecule has 0 radical (unpaired) electrons. The maximum absolute atomic E-state index is 12.9. The van der Waals surface area contributed by atoms with Crippen molar-refractivity contribution in [2.75, 3.05) is 26.2 Å². The molecule has 1 aromatic carbocycles. The number of hydrogen-bond acceptors (Lipinski definition) is 5. The molecule has 0 aliphatic carbocycles. The summed E-state index contributed by atoms with van der Waals surface area (Å²) in [5, 5.41) is 0.863. The number of amides is 1. The first kappa shape index (κ1) is 19.3. The van der Waals surface area contributed by atoms with Gasteiger partial charge in [-0.05, 0) is 50.9 Å². The first-order valence-electron chi connectivity index (χ1n) is 11.1. The molecule has 1 amide bonds. The summed E-state index contributed by atoms with van der Waals surface area (Å²) < 4.78 is 5.67. The monoisotopic (exact) mass is 408 g/mol. The van der Waals surface area contributed by atoms with Crippen LogP contribution in [0.15, 0.2) is 33.5 Å². The molecule has 7 heteroatoms. The lowest BCUT2D eigenvalue weighted by molar-refractivity contribution is -0.137. The van der Waals surface area contributed by atoms with Crippen molar-refractivity contribution < 1.29 is 9.21 Å². The third-order valence-electron chi connectivity index (χ3n) is 6.51. The smallest absolute Gasteiger partial charge is 0.294 e. The number of nitrogens with zero attached hydrogens (tertiary/aromatic N) is 3.